The number of halogens is 1. The van der Waals surface area contributed by atoms with Gasteiger partial charge in [0.2, 0.25) is 0 Å². The second-order valence-electron chi connectivity index (χ2n) is 4.85. The Labute approximate surface area is 112 Å². The summed E-state index contributed by atoms with van der Waals surface area (Å²) in [5.74, 6) is 1.51. The van der Waals surface area contributed by atoms with Crippen molar-refractivity contribution >= 4 is 17.4 Å². The molecule has 3 rings (SSSR count). The number of fused-ring (bicyclic) bond motifs is 1. The van der Waals surface area contributed by atoms with Gasteiger partial charge in [-0.15, -0.1) is 0 Å². The molecule has 2 aliphatic heterocycles. The molecule has 0 saturated carbocycles. The third-order valence-electron chi connectivity index (χ3n) is 3.84. The number of hydrogen-bond donors (Lipinski definition) is 1. The van der Waals surface area contributed by atoms with Crippen LogP contribution in [0.4, 0.5) is 5.82 Å². The molecule has 0 aliphatic carbocycles. The van der Waals surface area contributed by atoms with Crippen molar-refractivity contribution in [3.63, 3.8) is 0 Å². The van der Waals surface area contributed by atoms with Gasteiger partial charge in [-0.3, -0.25) is 0 Å². The Morgan fingerprint density at radius 3 is 3.22 bits per heavy atom. The van der Waals surface area contributed by atoms with Gasteiger partial charge in [0, 0.05) is 25.7 Å². The summed E-state index contributed by atoms with van der Waals surface area (Å²) in [6.45, 7) is 3.11. The molecule has 5 nitrogen and oxygen atoms in total. The lowest BCUT2D eigenvalue weighted by Gasteiger charge is -2.38. The molecule has 1 aromatic rings. The molecule has 6 heteroatoms. The molecule has 3 heterocycles. The highest BCUT2D eigenvalue weighted by atomic mass is 35.5. The second-order valence-corrected chi connectivity index (χ2v) is 5.26. The van der Waals surface area contributed by atoms with Crippen molar-refractivity contribution in [2.45, 2.75) is 18.9 Å². The first kappa shape index (κ1) is 12.0. The van der Waals surface area contributed by atoms with E-state index in [-0.39, 0.29) is 0 Å². The highest BCUT2D eigenvalue weighted by Gasteiger charge is 2.36. The molecule has 2 atom stereocenters. The molecule has 1 aromatic heterocycles. The first-order valence-corrected chi connectivity index (χ1v) is 6.71. The van der Waals surface area contributed by atoms with E-state index in [4.69, 9.17) is 16.3 Å². The predicted octanol–water partition coefficient (Wildman–Crippen LogP) is 1.33. The van der Waals surface area contributed by atoms with Gasteiger partial charge < -0.3 is 15.0 Å². The lowest BCUT2D eigenvalue weighted by Crippen LogP contribution is -2.45. The van der Waals surface area contributed by atoms with Crippen LogP contribution >= 0.6 is 11.6 Å². The van der Waals surface area contributed by atoms with Crippen LogP contribution in [0.3, 0.4) is 0 Å². The van der Waals surface area contributed by atoms with Crippen LogP contribution < -0.4 is 15.0 Å². The number of hydrogen-bond acceptors (Lipinski definition) is 5. The number of aromatic nitrogens is 2. The summed E-state index contributed by atoms with van der Waals surface area (Å²) < 4.78 is 5.09. The van der Waals surface area contributed by atoms with Crippen molar-refractivity contribution in [1.29, 1.82) is 0 Å². The summed E-state index contributed by atoms with van der Waals surface area (Å²) in [5.41, 5.74) is 0. The maximum absolute atomic E-state index is 6.23. The Bertz CT molecular complexity index is 442. The molecule has 2 saturated heterocycles. The third-order valence-corrected chi connectivity index (χ3v) is 4.10. The van der Waals surface area contributed by atoms with E-state index < -0.39 is 0 Å². The summed E-state index contributed by atoms with van der Waals surface area (Å²) in [6, 6.07) is 0.873. The van der Waals surface area contributed by atoms with Gasteiger partial charge in [0.15, 0.2) is 5.82 Å². The van der Waals surface area contributed by atoms with Crippen LogP contribution in [0, 0.1) is 5.92 Å². The molecule has 2 aliphatic rings. The molecule has 0 radical (unpaired) electrons. The number of nitrogens with zero attached hydrogens (tertiary/aromatic N) is 3. The van der Waals surface area contributed by atoms with E-state index in [1.54, 1.807) is 13.3 Å². The van der Waals surface area contributed by atoms with E-state index in [0.717, 1.165) is 25.5 Å². The van der Waals surface area contributed by atoms with Crippen molar-refractivity contribution in [2.75, 3.05) is 31.6 Å². The maximum Gasteiger partial charge on any atom is 0.318 e. The fraction of sp³-hybridized carbons (Fsp3) is 0.667. The normalized spacial score (nSPS) is 27.1. The Kier molecular flexibility index (Phi) is 3.26. The van der Waals surface area contributed by atoms with Crippen LogP contribution in [0.25, 0.3) is 0 Å². The van der Waals surface area contributed by atoms with Gasteiger partial charge in [-0.05, 0) is 18.8 Å². The van der Waals surface area contributed by atoms with Gasteiger partial charge in [-0.25, -0.2) is 4.98 Å². The predicted molar refractivity (Wildman–Crippen MR) is 70.3 cm³/mol. The zero-order chi connectivity index (χ0) is 12.5. The van der Waals surface area contributed by atoms with E-state index in [2.05, 4.69) is 20.2 Å². The fourth-order valence-corrected chi connectivity index (χ4v) is 3.17. The highest BCUT2D eigenvalue weighted by molar-refractivity contribution is 6.32. The van der Waals surface area contributed by atoms with Gasteiger partial charge >= 0.3 is 6.01 Å². The molecular weight excluding hydrogens is 252 g/mol. The van der Waals surface area contributed by atoms with Gasteiger partial charge in [0.05, 0.1) is 13.3 Å². The zero-order valence-corrected chi connectivity index (χ0v) is 11.2. The van der Waals surface area contributed by atoms with Crippen LogP contribution in [-0.4, -0.2) is 42.8 Å². The molecule has 1 N–H and O–H groups in total. The fourth-order valence-electron chi connectivity index (χ4n) is 2.97. The topological polar surface area (TPSA) is 50.3 Å². The molecule has 98 valence electrons. The molecule has 0 bridgehead atoms. The van der Waals surface area contributed by atoms with E-state index >= 15 is 0 Å². The summed E-state index contributed by atoms with van der Waals surface area (Å²) in [5, 5.41) is 4.05. The van der Waals surface area contributed by atoms with Crippen LogP contribution in [0.1, 0.15) is 12.8 Å². The van der Waals surface area contributed by atoms with Crippen molar-refractivity contribution in [3.05, 3.63) is 11.2 Å². The number of methoxy groups -OCH3 is 1. The lowest BCUT2D eigenvalue weighted by molar-refractivity contribution is 0.368. The maximum atomic E-state index is 6.23. The SMILES string of the molecule is COc1ncc(Cl)c(N2CCCC3CNCC32)n1. The van der Waals surface area contributed by atoms with E-state index in [0.29, 0.717) is 23.0 Å². The summed E-state index contributed by atoms with van der Waals surface area (Å²) >= 11 is 6.23. The lowest BCUT2D eigenvalue weighted by atomic mass is 9.92. The first-order valence-electron chi connectivity index (χ1n) is 6.33. The first-order chi connectivity index (χ1) is 8.79. The Hall–Kier alpha value is -1.07. The van der Waals surface area contributed by atoms with Crippen molar-refractivity contribution in [1.82, 2.24) is 15.3 Å². The quantitative estimate of drug-likeness (QED) is 0.877. The molecule has 2 fully saturated rings. The van der Waals surface area contributed by atoms with Crippen LogP contribution in [0.5, 0.6) is 6.01 Å². The van der Waals surface area contributed by atoms with E-state index in [1.165, 1.54) is 12.8 Å². The van der Waals surface area contributed by atoms with E-state index in [9.17, 15) is 0 Å². The summed E-state index contributed by atoms with van der Waals surface area (Å²) in [7, 11) is 1.57. The van der Waals surface area contributed by atoms with Gasteiger partial charge in [0.25, 0.3) is 0 Å². The average molecular weight is 269 g/mol. The standard InChI is InChI=1S/C12H17ClN4O/c1-18-12-15-6-9(13)11(16-12)17-4-2-3-8-5-14-7-10(8)17/h6,8,10,14H,2-5,7H2,1H3. The van der Waals surface area contributed by atoms with Crippen LogP contribution in [0.2, 0.25) is 5.02 Å². The second kappa shape index (κ2) is 4.90. The smallest absolute Gasteiger partial charge is 0.318 e. The summed E-state index contributed by atoms with van der Waals surface area (Å²) in [4.78, 5) is 10.7. The number of piperidine rings is 1. The number of anilines is 1. The van der Waals surface area contributed by atoms with E-state index in [1.807, 2.05) is 0 Å². The third kappa shape index (κ3) is 2.01. The minimum absolute atomic E-state index is 0.377. The van der Waals surface area contributed by atoms with Crippen molar-refractivity contribution in [2.24, 2.45) is 5.92 Å². The molecule has 2 unspecified atom stereocenters. The Morgan fingerprint density at radius 2 is 2.39 bits per heavy atom. The zero-order valence-electron chi connectivity index (χ0n) is 10.4. The minimum Gasteiger partial charge on any atom is -0.467 e. The molecule has 0 spiro atoms. The molecule has 18 heavy (non-hydrogen) atoms. The van der Waals surface area contributed by atoms with Crippen molar-refractivity contribution in [3.8, 4) is 6.01 Å². The van der Waals surface area contributed by atoms with Crippen molar-refractivity contribution < 1.29 is 4.74 Å². The summed E-state index contributed by atoms with van der Waals surface area (Å²) in [6.07, 6.45) is 4.09. The molecule has 0 amide bonds. The number of nitrogens with one attached hydrogen (secondary N) is 1. The van der Waals surface area contributed by atoms with Crippen LogP contribution in [0.15, 0.2) is 6.20 Å². The number of rotatable bonds is 2. The minimum atomic E-state index is 0.377. The average Bonchev–Trinajstić information content (AvgIpc) is 2.87. The Morgan fingerprint density at radius 1 is 1.50 bits per heavy atom. The van der Waals surface area contributed by atoms with Crippen LogP contribution in [-0.2, 0) is 0 Å². The number of ether oxygens (including phenoxy) is 1. The highest BCUT2D eigenvalue weighted by Crippen LogP contribution is 2.33. The van der Waals surface area contributed by atoms with Gasteiger partial charge in [-0.1, -0.05) is 11.6 Å². The molecular formula is C12H17ClN4O. The van der Waals surface area contributed by atoms with Gasteiger partial charge in [0.1, 0.15) is 5.02 Å². The monoisotopic (exact) mass is 268 g/mol. The largest absolute Gasteiger partial charge is 0.467 e. The Balaban J connectivity index is 1.93. The molecule has 0 aromatic carbocycles. The van der Waals surface area contributed by atoms with Gasteiger partial charge in [-0.2, -0.15) is 4.98 Å².